The van der Waals surface area contributed by atoms with E-state index in [1.807, 2.05) is 33.3 Å². The van der Waals surface area contributed by atoms with Gasteiger partial charge in [-0.15, -0.1) is 0 Å². The number of hydrogen-bond donors (Lipinski definition) is 0. The Balaban J connectivity index is 4.55. The standard InChI is InChI=1S/C42H72NO8P/c1-6-8-10-12-14-16-17-18-19-20-21-22-23-24-25-27-29-31-33-35-42(45)51-40(39-50-52(46,47)49-37-36-43(3,4)5)38-48-41(44)34-32-30-28-26-15-13-11-9-7-2/h8,10,14,16,18-19,21-22,24-25,29,31,40H,6-7,9,11-13,15,17,20,23,26-28,30,32-39H2,1-5H3/b10-8+,16-14+,19-18+,22-21+,25-24+,31-29+/t40-/m1/s1. The highest BCUT2D eigenvalue weighted by atomic mass is 31.2. The number of unbranched alkanes of at least 4 members (excludes halogenated alkanes) is 8. The first kappa shape index (κ1) is 49.5. The van der Waals surface area contributed by atoms with E-state index in [-0.39, 0.29) is 26.1 Å². The smallest absolute Gasteiger partial charge is 0.306 e. The van der Waals surface area contributed by atoms with Crippen molar-refractivity contribution in [3.63, 3.8) is 0 Å². The summed E-state index contributed by atoms with van der Waals surface area (Å²) in [5, 5.41) is 0. The molecule has 0 aromatic carbocycles. The Morgan fingerprint density at radius 1 is 0.615 bits per heavy atom. The van der Waals surface area contributed by atoms with Crippen molar-refractivity contribution >= 4 is 19.8 Å². The Morgan fingerprint density at radius 2 is 1.10 bits per heavy atom. The fourth-order valence-corrected chi connectivity index (χ4v) is 5.41. The Labute approximate surface area is 317 Å². The molecule has 0 fully saturated rings. The second-order valence-electron chi connectivity index (χ2n) is 13.9. The van der Waals surface area contributed by atoms with E-state index in [1.54, 1.807) is 0 Å². The summed E-state index contributed by atoms with van der Waals surface area (Å²) in [7, 11) is 1.11. The van der Waals surface area contributed by atoms with E-state index in [4.69, 9.17) is 18.5 Å². The van der Waals surface area contributed by atoms with Gasteiger partial charge in [0.2, 0.25) is 0 Å². The van der Waals surface area contributed by atoms with E-state index >= 15 is 0 Å². The molecule has 0 saturated heterocycles. The highest BCUT2D eigenvalue weighted by Crippen LogP contribution is 2.38. The lowest BCUT2D eigenvalue weighted by molar-refractivity contribution is -0.870. The van der Waals surface area contributed by atoms with E-state index in [2.05, 4.69) is 74.6 Å². The monoisotopic (exact) mass is 749 g/mol. The Kier molecular flexibility index (Phi) is 32.6. The van der Waals surface area contributed by atoms with Gasteiger partial charge in [-0.3, -0.25) is 14.2 Å². The van der Waals surface area contributed by atoms with Crippen LogP contribution in [0, 0.1) is 0 Å². The van der Waals surface area contributed by atoms with Crippen LogP contribution in [0.2, 0.25) is 0 Å². The van der Waals surface area contributed by atoms with E-state index < -0.39 is 32.5 Å². The molecule has 0 aliphatic carbocycles. The maximum Gasteiger partial charge on any atom is 0.306 e. The average Bonchev–Trinajstić information content (AvgIpc) is 3.09. The molecular formula is C42H72NO8P. The first-order valence-corrected chi connectivity index (χ1v) is 21.1. The molecule has 10 heteroatoms. The van der Waals surface area contributed by atoms with E-state index in [9.17, 15) is 19.0 Å². The molecule has 2 atom stereocenters. The molecule has 0 rings (SSSR count). The molecule has 52 heavy (non-hydrogen) atoms. The first-order chi connectivity index (χ1) is 25.0. The topological polar surface area (TPSA) is 111 Å². The third-order valence-electron chi connectivity index (χ3n) is 7.75. The third-order valence-corrected chi connectivity index (χ3v) is 8.72. The summed E-state index contributed by atoms with van der Waals surface area (Å²) in [6.07, 6.45) is 41.0. The normalized spacial score (nSPS) is 14.5. The Bertz CT molecular complexity index is 1120. The van der Waals surface area contributed by atoms with E-state index in [0.29, 0.717) is 17.4 Å². The maximum absolute atomic E-state index is 12.6. The lowest BCUT2D eigenvalue weighted by Crippen LogP contribution is -2.37. The van der Waals surface area contributed by atoms with Gasteiger partial charge in [-0.05, 0) is 51.4 Å². The lowest BCUT2D eigenvalue weighted by Gasteiger charge is -2.28. The van der Waals surface area contributed by atoms with Crippen LogP contribution < -0.4 is 4.89 Å². The largest absolute Gasteiger partial charge is 0.756 e. The summed E-state index contributed by atoms with van der Waals surface area (Å²) in [4.78, 5) is 37.3. The molecule has 0 aromatic rings. The van der Waals surface area contributed by atoms with Crippen molar-refractivity contribution in [1.82, 2.24) is 0 Å². The van der Waals surface area contributed by atoms with Crippen LogP contribution in [0.5, 0.6) is 0 Å². The van der Waals surface area contributed by atoms with Crippen molar-refractivity contribution in [1.29, 1.82) is 0 Å². The number of phosphoric ester groups is 1. The van der Waals surface area contributed by atoms with Gasteiger partial charge in [-0.25, -0.2) is 0 Å². The predicted octanol–water partition coefficient (Wildman–Crippen LogP) is 10.0. The van der Waals surface area contributed by atoms with Gasteiger partial charge in [-0.1, -0.05) is 138 Å². The number of ether oxygens (including phenoxy) is 2. The fourth-order valence-electron chi connectivity index (χ4n) is 4.68. The molecule has 0 heterocycles. The number of quaternary nitrogens is 1. The summed E-state index contributed by atoms with van der Waals surface area (Å²) in [5.74, 6) is -0.943. The minimum atomic E-state index is -4.64. The number of nitrogens with zero attached hydrogens (tertiary/aromatic N) is 1. The average molecular weight is 750 g/mol. The minimum absolute atomic E-state index is 0.0472. The highest BCUT2D eigenvalue weighted by Gasteiger charge is 2.21. The van der Waals surface area contributed by atoms with Gasteiger partial charge in [0.15, 0.2) is 6.10 Å². The second kappa shape index (κ2) is 34.2. The van der Waals surface area contributed by atoms with Crippen molar-refractivity contribution in [3.8, 4) is 0 Å². The number of allylic oxidation sites excluding steroid dienone is 12. The van der Waals surface area contributed by atoms with Crippen molar-refractivity contribution < 1.29 is 42.1 Å². The summed E-state index contributed by atoms with van der Waals surface area (Å²) in [6.45, 7) is 3.97. The number of phosphoric acid groups is 1. The third kappa shape index (κ3) is 37.2. The van der Waals surface area contributed by atoms with Crippen LogP contribution in [0.15, 0.2) is 72.9 Å². The van der Waals surface area contributed by atoms with E-state index in [1.165, 1.54) is 38.5 Å². The van der Waals surface area contributed by atoms with Gasteiger partial charge in [0, 0.05) is 12.8 Å². The Morgan fingerprint density at radius 3 is 1.60 bits per heavy atom. The SMILES string of the molecule is CC/C=C/C/C=C/C/C=C/C/C=C/C/C=C/C/C=C/CCC(=O)O[C@H](COC(=O)CCCCCCCCCCC)COP(=O)([O-])OCC[N+](C)(C)C. The van der Waals surface area contributed by atoms with Crippen molar-refractivity contribution in [2.45, 2.75) is 136 Å². The first-order valence-electron chi connectivity index (χ1n) is 19.6. The van der Waals surface area contributed by atoms with Gasteiger partial charge in [-0.2, -0.15) is 0 Å². The van der Waals surface area contributed by atoms with Gasteiger partial charge in [0.05, 0.1) is 27.7 Å². The van der Waals surface area contributed by atoms with Crippen LogP contribution in [0.4, 0.5) is 0 Å². The number of likely N-dealkylation sites (N-methyl/N-ethyl adjacent to an activating group) is 1. The molecule has 0 radical (unpaired) electrons. The minimum Gasteiger partial charge on any atom is -0.756 e. The number of carbonyl (C=O) groups is 2. The van der Waals surface area contributed by atoms with E-state index in [0.717, 1.165) is 57.8 Å². The number of esters is 2. The van der Waals surface area contributed by atoms with Crippen molar-refractivity contribution in [2.24, 2.45) is 0 Å². The molecule has 0 N–H and O–H groups in total. The quantitative estimate of drug-likeness (QED) is 0.0210. The molecule has 0 amide bonds. The van der Waals surface area contributed by atoms with Crippen LogP contribution in [-0.4, -0.2) is 70.0 Å². The molecule has 0 bridgehead atoms. The van der Waals surface area contributed by atoms with Crippen LogP contribution in [0.3, 0.4) is 0 Å². The number of carbonyl (C=O) groups excluding carboxylic acids is 2. The van der Waals surface area contributed by atoms with Gasteiger partial charge in [0.25, 0.3) is 7.82 Å². The molecule has 0 aromatic heterocycles. The van der Waals surface area contributed by atoms with Gasteiger partial charge in [0.1, 0.15) is 19.8 Å². The summed E-state index contributed by atoms with van der Waals surface area (Å²) in [6, 6.07) is 0. The molecule has 0 saturated carbocycles. The zero-order valence-corrected chi connectivity index (χ0v) is 34.1. The molecule has 0 aliphatic heterocycles. The molecule has 9 nitrogen and oxygen atoms in total. The van der Waals surface area contributed by atoms with Crippen molar-refractivity contribution in [3.05, 3.63) is 72.9 Å². The highest BCUT2D eigenvalue weighted by molar-refractivity contribution is 7.45. The summed E-state index contributed by atoms with van der Waals surface area (Å²) < 4.78 is 33.6. The zero-order chi connectivity index (χ0) is 38.6. The lowest BCUT2D eigenvalue weighted by atomic mass is 10.1. The van der Waals surface area contributed by atoms with Gasteiger partial charge < -0.3 is 27.9 Å². The zero-order valence-electron chi connectivity index (χ0n) is 33.2. The molecule has 0 spiro atoms. The van der Waals surface area contributed by atoms with Crippen LogP contribution in [0.1, 0.15) is 129 Å². The molecule has 1 unspecified atom stereocenters. The molecule has 0 aliphatic rings. The molecular weight excluding hydrogens is 677 g/mol. The number of hydrogen-bond acceptors (Lipinski definition) is 8. The second-order valence-corrected chi connectivity index (χ2v) is 15.3. The van der Waals surface area contributed by atoms with Crippen molar-refractivity contribution in [2.75, 3.05) is 47.5 Å². The Hall–Kier alpha value is -2.55. The van der Waals surface area contributed by atoms with Crippen LogP contribution in [-0.2, 0) is 32.7 Å². The maximum atomic E-state index is 12.6. The number of rotatable bonds is 34. The van der Waals surface area contributed by atoms with Crippen LogP contribution in [0.25, 0.3) is 0 Å². The van der Waals surface area contributed by atoms with Crippen LogP contribution >= 0.6 is 7.82 Å². The summed E-state index contributed by atoms with van der Waals surface area (Å²) in [5.41, 5.74) is 0. The fraction of sp³-hybridized carbons (Fsp3) is 0.667. The molecule has 298 valence electrons. The summed E-state index contributed by atoms with van der Waals surface area (Å²) >= 11 is 0. The van der Waals surface area contributed by atoms with Gasteiger partial charge >= 0.3 is 11.9 Å². The predicted molar refractivity (Wildman–Crippen MR) is 213 cm³/mol.